The van der Waals surface area contributed by atoms with Crippen LogP contribution in [0.3, 0.4) is 0 Å². The van der Waals surface area contributed by atoms with Gasteiger partial charge in [0.15, 0.2) is 0 Å². The minimum absolute atomic E-state index is 0.0103. The molecule has 0 amide bonds. The molecule has 564 valence electrons. The van der Waals surface area contributed by atoms with E-state index in [1.807, 2.05) is 24.3 Å². The van der Waals surface area contributed by atoms with Crippen molar-refractivity contribution < 1.29 is 28.4 Å². The number of aryl methyl sites for hydroxylation is 3. The Morgan fingerprint density at radius 2 is 0.350 bits per heavy atom. The van der Waals surface area contributed by atoms with Gasteiger partial charge in [-0.2, -0.15) is 0 Å². The summed E-state index contributed by atoms with van der Waals surface area (Å²) >= 11 is 0. The Bertz CT molecular complexity index is 7030. The zero-order valence-corrected chi connectivity index (χ0v) is 66.3. The van der Waals surface area contributed by atoms with Crippen molar-refractivity contribution in [2.45, 2.75) is 20.8 Å². The molecule has 24 rings (SSSR count). The third-order valence-corrected chi connectivity index (χ3v) is 24.4. The minimum atomic E-state index is 0.0103. The number of fused-ring (bicyclic) bond motifs is 12. The Kier molecular flexibility index (Phi) is 17.8. The smallest absolute Gasteiger partial charge is 0.260 e. The van der Waals surface area contributed by atoms with E-state index in [-0.39, 0.29) is 20.1 Å². The molecule has 0 aromatic heterocycles. The second-order valence-corrected chi connectivity index (χ2v) is 31.7. The summed E-state index contributed by atoms with van der Waals surface area (Å²) in [5, 5.41) is 0. The molecular weight excluding hydrogens is 1460 g/mol. The van der Waals surface area contributed by atoms with Gasteiger partial charge < -0.3 is 28.4 Å². The predicted molar refractivity (Wildman–Crippen MR) is 496 cm³/mol. The molecule has 0 radical (unpaired) electrons. The van der Waals surface area contributed by atoms with Crippen LogP contribution in [0.1, 0.15) is 16.7 Å². The molecule has 120 heavy (non-hydrogen) atoms. The van der Waals surface area contributed by atoms with Crippen molar-refractivity contribution in [3.63, 3.8) is 0 Å². The lowest BCUT2D eigenvalue weighted by Crippen LogP contribution is -2.57. The predicted octanol–water partition coefficient (Wildman–Crippen LogP) is 23.2. The van der Waals surface area contributed by atoms with Crippen LogP contribution in [0.2, 0.25) is 0 Å². The summed E-state index contributed by atoms with van der Waals surface area (Å²) < 4.78 is 40.1. The average Bonchev–Trinajstić information content (AvgIpc) is 0.728. The van der Waals surface area contributed by atoms with Crippen molar-refractivity contribution in [2.75, 3.05) is 0 Å². The summed E-state index contributed by atoms with van der Waals surface area (Å²) in [5.74, 6) is 10.5. The van der Waals surface area contributed by atoms with Gasteiger partial charge in [-0.05, 0) is 243 Å². The van der Waals surface area contributed by atoms with Crippen molar-refractivity contribution in [1.82, 2.24) is 0 Å². The highest BCUT2D eigenvalue weighted by molar-refractivity contribution is 6.99. The summed E-state index contributed by atoms with van der Waals surface area (Å²) in [5.41, 5.74) is 34.9. The first-order chi connectivity index (χ1) is 59.2. The van der Waals surface area contributed by atoms with Crippen molar-refractivity contribution in [3.8, 4) is 169 Å². The maximum absolute atomic E-state index is 6.74. The Morgan fingerprint density at radius 1 is 0.142 bits per heavy atom. The molecule has 0 bridgehead atoms. The van der Waals surface area contributed by atoms with Crippen LogP contribution in [0.15, 0.2) is 400 Å². The molecule has 0 spiro atoms. The van der Waals surface area contributed by atoms with Crippen LogP contribution in [0.4, 0.5) is 0 Å². The van der Waals surface area contributed by atoms with Gasteiger partial charge >= 0.3 is 0 Å². The molecular formula is C111H75B3O6. The number of benzene rings is 18. The van der Waals surface area contributed by atoms with E-state index >= 15 is 0 Å². The van der Waals surface area contributed by atoms with Gasteiger partial charge in [0.2, 0.25) is 0 Å². The van der Waals surface area contributed by atoms with E-state index in [0.29, 0.717) is 0 Å². The first-order valence-electron chi connectivity index (χ1n) is 41.1. The van der Waals surface area contributed by atoms with Crippen molar-refractivity contribution in [2.24, 2.45) is 0 Å². The van der Waals surface area contributed by atoms with E-state index in [0.717, 1.165) is 157 Å². The van der Waals surface area contributed by atoms with E-state index in [4.69, 9.17) is 28.4 Å². The third kappa shape index (κ3) is 12.9. The lowest BCUT2D eigenvalue weighted by molar-refractivity contribution is 0.464. The van der Waals surface area contributed by atoms with Gasteiger partial charge in [-0.1, -0.05) is 328 Å². The topological polar surface area (TPSA) is 55.4 Å². The van der Waals surface area contributed by atoms with Crippen LogP contribution < -0.4 is 77.6 Å². The van der Waals surface area contributed by atoms with Gasteiger partial charge in [-0.3, -0.25) is 0 Å². The Morgan fingerprint density at radius 3 is 0.667 bits per heavy atom. The van der Waals surface area contributed by atoms with Gasteiger partial charge in [0.25, 0.3) is 20.1 Å². The van der Waals surface area contributed by atoms with E-state index < -0.39 is 0 Å². The normalized spacial score (nSPS) is 12.5. The SMILES string of the molecule is Cc1ccccc1-c1cc2c3c(c1)Oc1ccc(-c4ccccc4)cc1B3c1ccc(-c3ccccc3)cc1O2.Cc1ccccc1-c1ccc2c(c1)B1c3ccc(-c4ccccc4)cc3Oc3cc(-c4ccccc4)cc(c31)O2.Cc1ccccc1-c1ccc2c(c1)Oc1cc(-c3ccccc3)cc3c1B2c1cc(-c2ccccc2)ccc1O3. The van der Waals surface area contributed by atoms with Crippen molar-refractivity contribution in [3.05, 3.63) is 417 Å². The maximum Gasteiger partial charge on any atom is 0.260 e. The Hall–Kier alpha value is -15.0. The molecule has 18 aromatic carbocycles. The van der Waals surface area contributed by atoms with E-state index in [1.165, 1.54) is 77.8 Å². The monoisotopic (exact) mass is 1540 g/mol. The summed E-state index contributed by atoms with van der Waals surface area (Å²) in [4.78, 5) is 0. The van der Waals surface area contributed by atoms with Gasteiger partial charge in [0, 0.05) is 16.4 Å². The third-order valence-electron chi connectivity index (χ3n) is 24.4. The first-order valence-corrected chi connectivity index (χ1v) is 41.1. The van der Waals surface area contributed by atoms with Gasteiger partial charge in [0.1, 0.15) is 69.0 Å². The Balaban J connectivity index is 0.000000108. The highest BCUT2D eigenvalue weighted by atomic mass is 16.5. The lowest BCUT2D eigenvalue weighted by Gasteiger charge is -2.34. The zero-order valence-electron chi connectivity index (χ0n) is 66.3. The highest BCUT2D eigenvalue weighted by Crippen LogP contribution is 2.46. The molecule has 6 nitrogen and oxygen atoms in total. The standard InChI is InChI=1S/3C37H25BO2/c1-24-10-8-9-15-30(24)28-16-18-31-34(21-28)40-36-23-29(26-13-6-3-7-14-26)22-35-37(36)38(31)32-20-27(17-19-33(32)39-35)25-11-4-2-5-12-25;1-24-10-8-9-15-30(24)29-22-35-37-36(23-29)40-34-21-28(26-13-6-3-7-14-26)16-18-31(34)38(37)32-20-27(17-19-33(32)39-35)25-11-4-2-5-12-25;1-24-10-8-9-15-30(24)28-17-19-33-32(20-28)38-31-18-16-27(25-11-4-2-5-12-25)21-34(31)40-36-23-29(22-35(39-33)37(36)38)26-13-6-3-7-14-26/h3*2-23H,1H3. The molecule has 0 saturated heterocycles. The highest BCUT2D eigenvalue weighted by Gasteiger charge is 2.45. The zero-order chi connectivity index (χ0) is 79.9. The van der Waals surface area contributed by atoms with Crippen LogP contribution in [0, 0.1) is 20.8 Å². The van der Waals surface area contributed by atoms with Crippen LogP contribution in [-0.2, 0) is 0 Å². The fraction of sp³-hybridized carbons (Fsp3) is 0.0270. The second kappa shape index (κ2) is 29.9. The molecule has 6 aliphatic rings. The van der Waals surface area contributed by atoms with E-state index in [1.54, 1.807) is 0 Å². The molecule has 18 aromatic rings. The van der Waals surface area contributed by atoms with Crippen molar-refractivity contribution in [1.29, 1.82) is 0 Å². The van der Waals surface area contributed by atoms with Crippen LogP contribution in [0.5, 0.6) is 69.0 Å². The summed E-state index contributed by atoms with van der Waals surface area (Å²) in [6.45, 7) is 6.50. The molecule has 0 fully saturated rings. The van der Waals surface area contributed by atoms with E-state index in [2.05, 4.69) is 397 Å². The van der Waals surface area contributed by atoms with Crippen molar-refractivity contribution >= 4 is 69.3 Å². The second-order valence-electron chi connectivity index (χ2n) is 31.7. The number of rotatable bonds is 9. The maximum atomic E-state index is 6.74. The molecule has 6 heterocycles. The molecule has 0 atom stereocenters. The summed E-state index contributed by atoms with van der Waals surface area (Å²) in [7, 11) is 0. The van der Waals surface area contributed by atoms with Crippen LogP contribution >= 0.6 is 0 Å². The van der Waals surface area contributed by atoms with Gasteiger partial charge in [-0.15, -0.1) is 0 Å². The van der Waals surface area contributed by atoms with Gasteiger partial charge in [-0.25, -0.2) is 0 Å². The molecule has 6 aliphatic heterocycles. The summed E-state index contributed by atoms with van der Waals surface area (Å²) in [6, 6.07) is 141. The largest absolute Gasteiger partial charge is 0.458 e. The average molecular weight is 1540 g/mol. The fourth-order valence-corrected chi connectivity index (χ4v) is 18.5. The lowest BCUT2D eigenvalue weighted by atomic mass is 9.34. The molecule has 0 N–H and O–H groups in total. The first kappa shape index (κ1) is 71.5. The molecule has 9 heteroatoms. The van der Waals surface area contributed by atoms with Crippen LogP contribution in [-0.4, -0.2) is 20.1 Å². The minimum Gasteiger partial charge on any atom is -0.458 e. The quantitative estimate of drug-likeness (QED) is 0.134. The van der Waals surface area contributed by atoms with Crippen LogP contribution in [0.25, 0.3) is 100 Å². The number of hydrogen-bond acceptors (Lipinski definition) is 6. The Labute approximate surface area is 700 Å². The molecule has 0 aliphatic carbocycles. The fourth-order valence-electron chi connectivity index (χ4n) is 18.5. The summed E-state index contributed by atoms with van der Waals surface area (Å²) in [6.07, 6.45) is 0. The number of hydrogen-bond donors (Lipinski definition) is 0. The molecule has 0 saturated carbocycles. The molecule has 0 unspecified atom stereocenters. The van der Waals surface area contributed by atoms with E-state index in [9.17, 15) is 0 Å². The van der Waals surface area contributed by atoms with Gasteiger partial charge in [0.05, 0.1) is 0 Å². The number of ether oxygens (including phenoxy) is 6.